The topological polar surface area (TPSA) is 62.2 Å². The Kier molecular flexibility index (Phi) is 7.91. The largest absolute Gasteiger partial charge is 0.351 e. The standard InChI is InChI=1S/C31H31Cl2N5OS/c1-17(2)30(39)35-25-13-12-21(16-24(25)33)38-29(28(36-31(38)40)26-10-6-7-14-34-26)22-15-18(3)37(20(22)5)27-11-8-9-23(32)19(27)4/h6-17,28-29H,1-5H3,(H,35,39)(H,36,40)/t28-,29+/m0/s1. The Labute approximate surface area is 250 Å². The summed E-state index contributed by atoms with van der Waals surface area (Å²) in [6, 6.07) is 19.2. The van der Waals surface area contributed by atoms with Crippen molar-refractivity contribution in [3.63, 3.8) is 0 Å². The van der Waals surface area contributed by atoms with Gasteiger partial charge in [-0.3, -0.25) is 9.78 Å². The first-order valence-electron chi connectivity index (χ1n) is 13.1. The van der Waals surface area contributed by atoms with Crippen LogP contribution in [0.25, 0.3) is 5.69 Å². The van der Waals surface area contributed by atoms with Crippen LogP contribution in [0.1, 0.15) is 54.1 Å². The van der Waals surface area contributed by atoms with E-state index in [2.05, 4.69) is 51.1 Å². The molecule has 0 aliphatic carbocycles. The van der Waals surface area contributed by atoms with E-state index in [0.717, 1.165) is 44.6 Å². The summed E-state index contributed by atoms with van der Waals surface area (Å²) in [5.74, 6) is -0.252. The van der Waals surface area contributed by atoms with E-state index in [-0.39, 0.29) is 23.9 Å². The van der Waals surface area contributed by atoms with Gasteiger partial charge in [-0.1, -0.05) is 49.2 Å². The van der Waals surface area contributed by atoms with Gasteiger partial charge in [0.25, 0.3) is 0 Å². The third-order valence-corrected chi connectivity index (χ3v) is 8.42. The van der Waals surface area contributed by atoms with Gasteiger partial charge in [0.1, 0.15) is 0 Å². The molecule has 1 aliphatic heterocycles. The monoisotopic (exact) mass is 591 g/mol. The van der Waals surface area contributed by atoms with Crippen molar-refractivity contribution in [2.45, 2.75) is 46.7 Å². The van der Waals surface area contributed by atoms with Crippen molar-refractivity contribution < 1.29 is 4.79 Å². The minimum absolute atomic E-state index is 0.0927. The lowest BCUT2D eigenvalue weighted by molar-refractivity contribution is -0.118. The number of carbonyl (C=O) groups excluding carboxylic acids is 1. The van der Waals surface area contributed by atoms with Crippen molar-refractivity contribution in [3.8, 4) is 5.69 Å². The van der Waals surface area contributed by atoms with Crippen molar-refractivity contribution in [3.05, 3.63) is 105 Å². The zero-order valence-electron chi connectivity index (χ0n) is 23.0. The van der Waals surface area contributed by atoms with Crippen molar-refractivity contribution in [1.29, 1.82) is 0 Å². The van der Waals surface area contributed by atoms with Gasteiger partial charge in [-0.05, 0) is 92.6 Å². The third kappa shape index (κ3) is 5.09. The summed E-state index contributed by atoms with van der Waals surface area (Å²) in [5, 5.41) is 8.15. The van der Waals surface area contributed by atoms with E-state index in [4.69, 9.17) is 35.4 Å². The number of amides is 1. The second kappa shape index (κ2) is 11.2. The van der Waals surface area contributed by atoms with Gasteiger partial charge in [0.2, 0.25) is 5.91 Å². The number of hydrogen-bond acceptors (Lipinski definition) is 3. The van der Waals surface area contributed by atoms with Crippen molar-refractivity contribution in [1.82, 2.24) is 14.9 Å². The maximum absolute atomic E-state index is 12.3. The molecular weight excluding hydrogens is 561 g/mol. The number of aromatic nitrogens is 2. The molecule has 9 heteroatoms. The molecule has 40 heavy (non-hydrogen) atoms. The molecule has 206 valence electrons. The minimum atomic E-state index is -0.214. The molecule has 6 nitrogen and oxygen atoms in total. The highest BCUT2D eigenvalue weighted by molar-refractivity contribution is 7.80. The Bertz CT molecular complexity index is 1600. The lowest BCUT2D eigenvalue weighted by atomic mass is 9.96. The first-order chi connectivity index (χ1) is 19.1. The Morgan fingerprint density at radius 2 is 1.80 bits per heavy atom. The predicted molar refractivity (Wildman–Crippen MR) is 168 cm³/mol. The molecule has 0 spiro atoms. The SMILES string of the molecule is Cc1c(Cl)cccc1-n1c(C)cc([C@@H]2[C@H](c3ccccn3)NC(=S)N2c2ccc(NC(=O)C(C)C)c(Cl)c2)c1C. The molecule has 2 aromatic carbocycles. The zero-order valence-corrected chi connectivity index (χ0v) is 25.3. The molecule has 2 N–H and O–H groups in total. The summed E-state index contributed by atoms with van der Waals surface area (Å²) in [6.07, 6.45) is 1.79. The van der Waals surface area contributed by atoms with Gasteiger partial charge in [-0.2, -0.15) is 0 Å². The molecule has 0 unspecified atom stereocenters. The number of thiocarbonyl (C=S) groups is 1. The summed E-state index contributed by atoms with van der Waals surface area (Å²) in [5.41, 5.74) is 7.59. The average molecular weight is 593 g/mol. The number of rotatable bonds is 6. The number of carbonyl (C=O) groups is 1. The van der Waals surface area contributed by atoms with E-state index < -0.39 is 0 Å². The Morgan fingerprint density at radius 1 is 1.02 bits per heavy atom. The van der Waals surface area contributed by atoms with Crippen LogP contribution < -0.4 is 15.5 Å². The van der Waals surface area contributed by atoms with Crippen molar-refractivity contribution >= 4 is 57.8 Å². The van der Waals surface area contributed by atoms with Gasteiger partial charge >= 0.3 is 0 Å². The fraction of sp³-hybridized carbons (Fsp3) is 0.258. The summed E-state index contributed by atoms with van der Waals surface area (Å²) in [6.45, 7) is 9.94. The molecular formula is C31H31Cl2N5OS. The predicted octanol–water partition coefficient (Wildman–Crippen LogP) is 7.88. The Hall–Kier alpha value is -3.39. The first kappa shape index (κ1) is 28.1. The molecule has 3 heterocycles. The molecule has 1 aliphatic rings. The van der Waals surface area contributed by atoms with Crippen LogP contribution in [0.5, 0.6) is 0 Å². The fourth-order valence-electron chi connectivity index (χ4n) is 5.28. The summed E-state index contributed by atoms with van der Waals surface area (Å²) < 4.78 is 2.24. The first-order valence-corrected chi connectivity index (χ1v) is 14.3. The number of aryl methyl sites for hydroxylation is 1. The van der Waals surface area contributed by atoms with Gasteiger partial charge in [0.05, 0.1) is 28.5 Å². The van der Waals surface area contributed by atoms with Gasteiger partial charge in [0, 0.05) is 39.9 Å². The lowest BCUT2D eigenvalue weighted by Crippen LogP contribution is -2.29. The van der Waals surface area contributed by atoms with E-state index in [1.165, 1.54) is 0 Å². The quantitative estimate of drug-likeness (QED) is 0.223. The van der Waals surface area contributed by atoms with E-state index >= 15 is 0 Å². The highest BCUT2D eigenvalue weighted by Gasteiger charge is 2.42. The highest BCUT2D eigenvalue weighted by Crippen LogP contribution is 2.45. The van der Waals surface area contributed by atoms with Crippen LogP contribution in [0.3, 0.4) is 0 Å². The highest BCUT2D eigenvalue weighted by atomic mass is 35.5. The molecule has 0 bridgehead atoms. The number of nitrogens with zero attached hydrogens (tertiary/aromatic N) is 3. The average Bonchev–Trinajstić information content (AvgIpc) is 3.42. The smallest absolute Gasteiger partial charge is 0.226 e. The number of nitrogens with one attached hydrogen (secondary N) is 2. The zero-order chi connectivity index (χ0) is 28.7. The maximum atomic E-state index is 12.3. The summed E-state index contributed by atoms with van der Waals surface area (Å²) in [4.78, 5) is 19.1. The van der Waals surface area contributed by atoms with Crippen molar-refractivity contribution in [2.24, 2.45) is 5.92 Å². The second-order valence-electron chi connectivity index (χ2n) is 10.4. The van der Waals surface area contributed by atoms with E-state index in [1.807, 2.05) is 69.3 Å². The van der Waals surface area contributed by atoms with E-state index in [0.29, 0.717) is 15.8 Å². The van der Waals surface area contributed by atoms with Crippen LogP contribution in [-0.2, 0) is 4.79 Å². The van der Waals surface area contributed by atoms with E-state index in [9.17, 15) is 4.79 Å². The van der Waals surface area contributed by atoms with Crippen LogP contribution in [0.2, 0.25) is 10.0 Å². The lowest BCUT2D eigenvalue weighted by Gasteiger charge is -2.28. The molecule has 2 aromatic heterocycles. The minimum Gasteiger partial charge on any atom is -0.351 e. The van der Waals surface area contributed by atoms with E-state index in [1.54, 1.807) is 6.20 Å². The van der Waals surface area contributed by atoms with Crippen LogP contribution >= 0.6 is 35.4 Å². The number of benzene rings is 2. The molecule has 0 saturated carbocycles. The van der Waals surface area contributed by atoms with Gasteiger partial charge in [-0.25, -0.2) is 0 Å². The third-order valence-electron chi connectivity index (χ3n) is 7.38. The number of anilines is 2. The second-order valence-corrected chi connectivity index (χ2v) is 11.6. The molecule has 0 radical (unpaired) electrons. The van der Waals surface area contributed by atoms with Gasteiger partial charge in [-0.15, -0.1) is 0 Å². The Balaban J connectivity index is 1.64. The molecule has 1 saturated heterocycles. The molecule has 1 amide bonds. The number of hydrogen-bond donors (Lipinski definition) is 2. The van der Waals surface area contributed by atoms with Crippen LogP contribution in [-0.4, -0.2) is 20.6 Å². The van der Waals surface area contributed by atoms with Crippen LogP contribution in [0, 0.1) is 26.7 Å². The fourth-order valence-corrected chi connectivity index (χ4v) is 6.01. The summed E-state index contributed by atoms with van der Waals surface area (Å²) in [7, 11) is 0. The molecule has 1 fully saturated rings. The molecule has 5 rings (SSSR count). The Morgan fingerprint density at radius 3 is 2.48 bits per heavy atom. The molecule has 4 aromatic rings. The van der Waals surface area contributed by atoms with Crippen LogP contribution in [0.4, 0.5) is 11.4 Å². The summed E-state index contributed by atoms with van der Waals surface area (Å²) >= 11 is 19.1. The van der Waals surface area contributed by atoms with Gasteiger partial charge < -0.3 is 20.1 Å². The number of halogens is 2. The van der Waals surface area contributed by atoms with Gasteiger partial charge in [0.15, 0.2) is 5.11 Å². The van der Waals surface area contributed by atoms with Crippen molar-refractivity contribution in [2.75, 3.05) is 10.2 Å². The van der Waals surface area contributed by atoms with Crippen LogP contribution in [0.15, 0.2) is 66.9 Å². The number of pyridine rings is 1. The normalized spacial score (nSPS) is 16.9. The maximum Gasteiger partial charge on any atom is 0.226 e. The molecule has 2 atom stereocenters.